The summed E-state index contributed by atoms with van der Waals surface area (Å²) in [7, 11) is 0. The maximum Gasteiger partial charge on any atom is 0.121 e. The minimum absolute atomic E-state index is 0.468. The number of rotatable bonds is 4. The summed E-state index contributed by atoms with van der Waals surface area (Å²) < 4.78 is 0. The van der Waals surface area contributed by atoms with Crippen molar-refractivity contribution in [1.82, 2.24) is 15.3 Å². The third kappa shape index (κ3) is 3.24. The fraction of sp³-hybridized carbons (Fsp3) is 0.438. The highest BCUT2D eigenvalue weighted by molar-refractivity contribution is 5.66. The number of aromatic nitrogens is 2. The molecule has 102 valence electrons. The van der Waals surface area contributed by atoms with Gasteiger partial charge in [-0.2, -0.15) is 0 Å². The first-order valence-corrected chi connectivity index (χ1v) is 6.84. The van der Waals surface area contributed by atoms with E-state index in [1.54, 1.807) is 0 Å². The molecule has 3 nitrogen and oxygen atoms in total. The van der Waals surface area contributed by atoms with Gasteiger partial charge < -0.3 is 10.3 Å². The summed E-state index contributed by atoms with van der Waals surface area (Å²) in [6.07, 6.45) is 0. The van der Waals surface area contributed by atoms with Crippen LogP contribution in [0.25, 0.3) is 11.3 Å². The van der Waals surface area contributed by atoms with Crippen LogP contribution in [0.1, 0.15) is 36.5 Å². The van der Waals surface area contributed by atoms with Crippen molar-refractivity contribution in [3.05, 3.63) is 40.8 Å². The molecule has 0 aliphatic heterocycles. The molecule has 0 radical (unpaired) electrons. The zero-order chi connectivity index (χ0) is 14.0. The second kappa shape index (κ2) is 5.57. The quantitative estimate of drug-likeness (QED) is 0.880. The Balaban J connectivity index is 2.29. The monoisotopic (exact) mass is 257 g/mol. The first-order valence-electron chi connectivity index (χ1n) is 6.84. The van der Waals surface area contributed by atoms with Crippen LogP contribution in [0.15, 0.2) is 18.2 Å². The summed E-state index contributed by atoms with van der Waals surface area (Å²) in [6, 6.07) is 6.97. The molecule has 19 heavy (non-hydrogen) atoms. The Morgan fingerprint density at radius 1 is 1.21 bits per heavy atom. The number of imidazole rings is 1. The Labute approximate surface area is 115 Å². The SMILES string of the molecule is Cc1ccc(-c2nc(CNC(C)C)[nH]c2C)c(C)c1. The van der Waals surface area contributed by atoms with Gasteiger partial charge in [-0.25, -0.2) is 4.98 Å². The number of hydrogen-bond donors (Lipinski definition) is 2. The van der Waals surface area contributed by atoms with Gasteiger partial charge >= 0.3 is 0 Å². The molecule has 0 aliphatic rings. The van der Waals surface area contributed by atoms with E-state index in [4.69, 9.17) is 4.98 Å². The molecule has 1 heterocycles. The van der Waals surface area contributed by atoms with Gasteiger partial charge in [-0.1, -0.05) is 37.6 Å². The largest absolute Gasteiger partial charge is 0.344 e. The lowest BCUT2D eigenvalue weighted by atomic mass is 10.0. The lowest BCUT2D eigenvalue weighted by molar-refractivity contribution is 0.575. The van der Waals surface area contributed by atoms with Crippen LogP contribution in [0.4, 0.5) is 0 Å². The van der Waals surface area contributed by atoms with Crippen molar-refractivity contribution in [1.29, 1.82) is 0 Å². The van der Waals surface area contributed by atoms with Crippen LogP contribution in [-0.4, -0.2) is 16.0 Å². The summed E-state index contributed by atoms with van der Waals surface area (Å²) in [4.78, 5) is 8.09. The topological polar surface area (TPSA) is 40.7 Å². The summed E-state index contributed by atoms with van der Waals surface area (Å²) in [5.41, 5.74) is 5.98. The molecular formula is C16H23N3. The Bertz CT molecular complexity index is 567. The number of benzene rings is 1. The zero-order valence-corrected chi connectivity index (χ0v) is 12.5. The predicted molar refractivity (Wildman–Crippen MR) is 80.2 cm³/mol. The first kappa shape index (κ1) is 13.8. The molecule has 0 saturated carbocycles. The number of aryl methyl sites for hydroxylation is 3. The van der Waals surface area contributed by atoms with Crippen molar-refractivity contribution in [2.24, 2.45) is 0 Å². The van der Waals surface area contributed by atoms with Crippen LogP contribution < -0.4 is 5.32 Å². The maximum absolute atomic E-state index is 4.72. The summed E-state index contributed by atoms with van der Waals surface area (Å²) in [6.45, 7) is 11.4. The summed E-state index contributed by atoms with van der Waals surface area (Å²) >= 11 is 0. The van der Waals surface area contributed by atoms with E-state index in [2.05, 4.69) is 63.1 Å². The third-order valence-electron chi connectivity index (χ3n) is 3.25. The molecule has 0 spiro atoms. The van der Waals surface area contributed by atoms with E-state index in [0.29, 0.717) is 6.04 Å². The highest BCUT2D eigenvalue weighted by atomic mass is 15.0. The Morgan fingerprint density at radius 3 is 2.58 bits per heavy atom. The molecule has 0 saturated heterocycles. The van der Waals surface area contributed by atoms with E-state index in [1.807, 2.05) is 0 Å². The van der Waals surface area contributed by atoms with Crippen LogP contribution in [0.2, 0.25) is 0 Å². The second-order valence-corrected chi connectivity index (χ2v) is 5.51. The number of aromatic amines is 1. The van der Waals surface area contributed by atoms with Gasteiger partial charge in [0, 0.05) is 17.3 Å². The molecule has 2 rings (SSSR count). The molecule has 0 atom stereocenters. The average molecular weight is 257 g/mol. The van der Waals surface area contributed by atoms with Crippen LogP contribution >= 0.6 is 0 Å². The van der Waals surface area contributed by atoms with Crippen molar-refractivity contribution in [2.45, 2.75) is 47.2 Å². The van der Waals surface area contributed by atoms with Gasteiger partial charge in [-0.15, -0.1) is 0 Å². The van der Waals surface area contributed by atoms with Gasteiger partial charge in [0.25, 0.3) is 0 Å². The molecule has 0 unspecified atom stereocenters. The lowest BCUT2D eigenvalue weighted by Gasteiger charge is -2.05. The van der Waals surface area contributed by atoms with Crippen molar-refractivity contribution < 1.29 is 0 Å². The molecular weight excluding hydrogens is 234 g/mol. The Hall–Kier alpha value is -1.61. The number of nitrogens with one attached hydrogen (secondary N) is 2. The van der Waals surface area contributed by atoms with Crippen LogP contribution in [0, 0.1) is 20.8 Å². The predicted octanol–water partition coefficient (Wildman–Crippen LogP) is 3.50. The van der Waals surface area contributed by atoms with E-state index in [9.17, 15) is 0 Å². The standard InChI is InChI=1S/C16H23N3/c1-10(2)17-9-15-18-13(5)16(19-15)14-7-6-11(3)8-12(14)4/h6-8,10,17H,9H2,1-5H3,(H,18,19). The van der Waals surface area contributed by atoms with Gasteiger partial charge in [0.1, 0.15) is 5.82 Å². The number of nitrogens with zero attached hydrogens (tertiary/aromatic N) is 1. The van der Waals surface area contributed by atoms with Crippen molar-refractivity contribution >= 4 is 0 Å². The van der Waals surface area contributed by atoms with E-state index in [1.165, 1.54) is 16.7 Å². The Morgan fingerprint density at radius 2 is 1.95 bits per heavy atom. The normalized spacial score (nSPS) is 11.3. The van der Waals surface area contributed by atoms with E-state index >= 15 is 0 Å². The minimum atomic E-state index is 0.468. The molecule has 2 aromatic rings. The second-order valence-electron chi connectivity index (χ2n) is 5.51. The molecule has 0 fully saturated rings. The van der Waals surface area contributed by atoms with Crippen LogP contribution in [0.3, 0.4) is 0 Å². The maximum atomic E-state index is 4.72. The smallest absolute Gasteiger partial charge is 0.121 e. The first-order chi connectivity index (χ1) is 8.97. The molecule has 2 N–H and O–H groups in total. The highest BCUT2D eigenvalue weighted by Gasteiger charge is 2.11. The van der Waals surface area contributed by atoms with E-state index < -0.39 is 0 Å². The van der Waals surface area contributed by atoms with Crippen molar-refractivity contribution in [3.63, 3.8) is 0 Å². The molecule has 3 heteroatoms. The third-order valence-corrected chi connectivity index (χ3v) is 3.25. The molecule has 0 bridgehead atoms. The highest BCUT2D eigenvalue weighted by Crippen LogP contribution is 2.25. The van der Waals surface area contributed by atoms with Gasteiger partial charge in [0.2, 0.25) is 0 Å². The lowest BCUT2D eigenvalue weighted by Crippen LogP contribution is -2.22. The Kier molecular flexibility index (Phi) is 4.05. The zero-order valence-electron chi connectivity index (χ0n) is 12.5. The van der Waals surface area contributed by atoms with Crippen LogP contribution in [-0.2, 0) is 6.54 Å². The molecule has 1 aromatic carbocycles. The van der Waals surface area contributed by atoms with Crippen molar-refractivity contribution in [2.75, 3.05) is 0 Å². The molecule has 0 amide bonds. The van der Waals surface area contributed by atoms with E-state index in [-0.39, 0.29) is 0 Å². The summed E-state index contributed by atoms with van der Waals surface area (Å²) in [5, 5.41) is 3.38. The van der Waals surface area contributed by atoms with Gasteiger partial charge in [0.05, 0.1) is 12.2 Å². The summed E-state index contributed by atoms with van der Waals surface area (Å²) in [5.74, 6) is 1.00. The molecule has 1 aromatic heterocycles. The minimum Gasteiger partial charge on any atom is -0.344 e. The van der Waals surface area contributed by atoms with Gasteiger partial charge in [-0.05, 0) is 26.3 Å². The number of hydrogen-bond acceptors (Lipinski definition) is 2. The van der Waals surface area contributed by atoms with Gasteiger partial charge in [-0.3, -0.25) is 0 Å². The fourth-order valence-corrected chi connectivity index (χ4v) is 2.25. The van der Waals surface area contributed by atoms with E-state index in [0.717, 1.165) is 23.8 Å². The molecule has 0 aliphatic carbocycles. The van der Waals surface area contributed by atoms with Crippen molar-refractivity contribution in [3.8, 4) is 11.3 Å². The average Bonchev–Trinajstić information content (AvgIpc) is 2.68. The van der Waals surface area contributed by atoms with Crippen LogP contribution in [0.5, 0.6) is 0 Å². The number of H-pyrrole nitrogens is 1. The van der Waals surface area contributed by atoms with Gasteiger partial charge in [0.15, 0.2) is 0 Å². The fourth-order valence-electron chi connectivity index (χ4n) is 2.25.